The van der Waals surface area contributed by atoms with Gasteiger partial charge in [0, 0.05) is 56.9 Å². The van der Waals surface area contributed by atoms with E-state index in [1.54, 1.807) is 13.0 Å². The van der Waals surface area contributed by atoms with Crippen molar-refractivity contribution >= 4 is 29.6 Å². The molecule has 40 heavy (non-hydrogen) atoms. The van der Waals surface area contributed by atoms with Crippen LogP contribution in [0, 0.1) is 0 Å². The Bertz CT molecular complexity index is 1170. The maximum Gasteiger partial charge on any atom is 0.409 e. The number of nitrogens with one attached hydrogen (secondary N) is 2. The molecule has 12 nitrogen and oxygen atoms in total. The first kappa shape index (κ1) is 30.4. The first-order valence-electron chi connectivity index (χ1n) is 13.4. The van der Waals surface area contributed by atoms with Gasteiger partial charge in [0.05, 0.1) is 12.3 Å². The van der Waals surface area contributed by atoms with Crippen molar-refractivity contribution in [2.75, 3.05) is 65.3 Å². The third-order valence-electron chi connectivity index (χ3n) is 6.38. The minimum Gasteiger partial charge on any atom is -0.481 e. The molecule has 3 N–H and O–H groups in total. The fourth-order valence-electron chi connectivity index (χ4n) is 4.23. The van der Waals surface area contributed by atoms with Crippen molar-refractivity contribution in [3.05, 3.63) is 48.2 Å². The van der Waals surface area contributed by atoms with E-state index < -0.39 is 29.9 Å². The van der Waals surface area contributed by atoms with Crippen molar-refractivity contribution in [1.82, 2.24) is 25.0 Å². The predicted molar refractivity (Wildman–Crippen MR) is 150 cm³/mol. The number of rotatable bonds is 12. The molecule has 1 aromatic carbocycles. The predicted octanol–water partition coefficient (Wildman–Crippen LogP) is 1.99. The van der Waals surface area contributed by atoms with Gasteiger partial charge in [-0.1, -0.05) is 30.3 Å². The van der Waals surface area contributed by atoms with Crippen LogP contribution in [0.4, 0.5) is 10.5 Å². The van der Waals surface area contributed by atoms with E-state index in [1.807, 2.05) is 55.4 Å². The van der Waals surface area contributed by atoms with Crippen LogP contribution in [0.15, 0.2) is 42.5 Å². The highest BCUT2D eigenvalue weighted by Gasteiger charge is 2.31. The zero-order valence-electron chi connectivity index (χ0n) is 23.3. The van der Waals surface area contributed by atoms with Crippen LogP contribution >= 0.6 is 0 Å². The van der Waals surface area contributed by atoms with Crippen LogP contribution in [0.3, 0.4) is 0 Å². The molecule has 1 aliphatic rings. The Hall–Kier alpha value is -4.19. The molecule has 1 aliphatic heterocycles. The number of piperazine rings is 1. The van der Waals surface area contributed by atoms with Crippen molar-refractivity contribution in [1.29, 1.82) is 0 Å². The number of amides is 3. The number of carboxylic acid groups (broad SMARTS) is 1. The van der Waals surface area contributed by atoms with Crippen molar-refractivity contribution in [2.24, 2.45) is 0 Å². The lowest BCUT2D eigenvalue weighted by atomic mass is 10.1. The van der Waals surface area contributed by atoms with Crippen LogP contribution < -0.4 is 10.6 Å². The Morgan fingerprint density at radius 3 is 2.35 bits per heavy atom. The molecule has 1 atom stereocenters. The minimum absolute atomic E-state index is 0.0791. The summed E-state index contributed by atoms with van der Waals surface area (Å²) in [6, 6.07) is 11.8. The van der Waals surface area contributed by atoms with Gasteiger partial charge in [-0.3, -0.25) is 14.4 Å². The number of carboxylic acids is 1. The molecule has 0 aliphatic carbocycles. The summed E-state index contributed by atoms with van der Waals surface area (Å²) in [5.41, 5.74) is 2.22. The summed E-state index contributed by atoms with van der Waals surface area (Å²) in [5.74, 6) is -2.06. The average molecular weight is 555 g/mol. The number of ether oxygens (including phenoxy) is 1. The number of hydrogen-bond donors (Lipinski definition) is 3. The van der Waals surface area contributed by atoms with Crippen LogP contribution in [0.1, 0.15) is 30.3 Å². The number of carbonyl (C=O) groups excluding carboxylic acids is 3. The van der Waals surface area contributed by atoms with E-state index in [0.29, 0.717) is 17.9 Å². The molecule has 0 radical (unpaired) electrons. The van der Waals surface area contributed by atoms with Crippen LogP contribution in [-0.4, -0.2) is 115 Å². The van der Waals surface area contributed by atoms with Crippen molar-refractivity contribution in [2.45, 2.75) is 25.8 Å². The summed E-state index contributed by atoms with van der Waals surface area (Å²) < 4.78 is 5.03. The Kier molecular flexibility index (Phi) is 11.2. The summed E-state index contributed by atoms with van der Waals surface area (Å²) in [5, 5.41) is 15.3. The normalized spacial score (nSPS) is 14.0. The Labute approximate surface area is 234 Å². The van der Waals surface area contributed by atoms with Gasteiger partial charge in [-0.15, -0.1) is 0 Å². The van der Waals surface area contributed by atoms with Crippen molar-refractivity contribution in [3.8, 4) is 11.3 Å². The number of pyridine rings is 1. The van der Waals surface area contributed by atoms with E-state index in [4.69, 9.17) is 4.74 Å². The molecule has 3 amide bonds. The fourth-order valence-corrected chi connectivity index (χ4v) is 4.23. The summed E-state index contributed by atoms with van der Waals surface area (Å²) >= 11 is 0. The topological polar surface area (TPSA) is 144 Å². The van der Waals surface area contributed by atoms with E-state index in [9.17, 15) is 24.3 Å². The molecular weight excluding hydrogens is 516 g/mol. The van der Waals surface area contributed by atoms with Crippen LogP contribution in [0.5, 0.6) is 0 Å². The molecule has 0 bridgehead atoms. The highest BCUT2D eigenvalue weighted by atomic mass is 16.6. The van der Waals surface area contributed by atoms with Gasteiger partial charge < -0.3 is 35.2 Å². The summed E-state index contributed by atoms with van der Waals surface area (Å²) in [7, 11) is 3.93. The Morgan fingerprint density at radius 1 is 1.05 bits per heavy atom. The highest BCUT2D eigenvalue weighted by molar-refractivity contribution is 5.97. The maximum atomic E-state index is 13.4. The SMILES string of the molecule is CCOC(=O)N1CCN(C(=O)[C@H](CCC(=O)O)NC(=O)c2cc(NCCN(C)C)cc(-c3ccccc3)n2)CC1. The largest absolute Gasteiger partial charge is 0.481 e. The molecule has 2 heterocycles. The average Bonchev–Trinajstić information content (AvgIpc) is 2.95. The maximum absolute atomic E-state index is 13.4. The first-order chi connectivity index (χ1) is 19.2. The monoisotopic (exact) mass is 554 g/mol. The standard InChI is InChI=1S/C28H38N6O6/c1-4-40-28(39)34-16-14-33(15-17-34)27(38)22(10-11-25(35)36)31-26(37)24-19-21(29-12-13-32(2)3)18-23(30-24)20-8-6-5-7-9-20/h5-9,18-19,22H,4,10-17H2,1-3H3,(H,29,30)(H,31,37)(H,35,36)/t22-/m0/s1. The van der Waals surface area contributed by atoms with Gasteiger partial charge in [0.15, 0.2) is 0 Å². The fraction of sp³-hybridized carbons (Fsp3) is 0.464. The summed E-state index contributed by atoms with van der Waals surface area (Å²) in [4.78, 5) is 59.8. The number of aromatic nitrogens is 1. The van der Waals surface area contributed by atoms with Crippen LogP contribution in [0.25, 0.3) is 11.3 Å². The van der Waals surface area contributed by atoms with Crippen LogP contribution in [0.2, 0.25) is 0 Å². The second-order valence-electron chi connectivity index (χ2n) is 9.69. The lowest BCUT2D eigenvalue weighted by Crippen LogP contribution is -2.56. The molecule has 1 aromatic heterocycles. The quantitative estimate of drug-likeness (QED) is 0.359. The molecule has 216 valence electrons. The molecule has 12 heteroatoms. The first-order valence-corrected chi connectivity index (χ1v) is 13.4. The molecular formula is C28H38N6O6. The van der Waals surface area contributed by atoms with E-state index in [1.165, 1.54) is 9.80 Å². The van der Waals surface area contributed by atoms with Crippen LogP contribution in [-0.2, 0) is 14.3 Å². The van der Waals surface area contributed by atoms with Gasteiger partial charge in [0.1, 0.15) is 11.7 Å². The molecule has 0 spiro atoms. The lowest BCUT2D eigenvalue weighted by Gasteiger charge is -2.35. The van der Waals surface area contributed by atoms with E-state index in [0.717, 1.165) is 12.1 Å². The second-order valence-corrected chi connectivity index (χ2v) is 9.69. The summed E-state index contributed by atoms with van der Waals surface area (Å²) in [6.45, 7) is 4.47. The van der Waals surface area contributed by atoms with E-state index in [-0.39, 0.29) is 51.3 Å². The third-order valence-corrected chi connectivity index (χ3v) is 6.38. The smallest absolute Gasteiger partial charge is 0.409 e. The molecule has 1 fully saturated rings. The van der Waals surface area contributed by atoms with Crippen molar-refractivity contribution in [3.63, 3.8) is 0 Å². The molecule has 1 saturated heterocycles. The van der Waals surface area contributed by atoms with Gasteiger partial charge in [0.2, 0.25) is 5.91 Å². The van der Waals surface area contributed by atoms with Gasteiger partial charge in [0.25, 0.3) is 5.91 Å². The molecule has 0 saturated carbocycles. The second kappa shape index (κ2) is 14.8. The number of nitrogens with zero attached hydrogens (tertiary/aromatic N) is 4. The van der Waals surface area contributed by atoms with E-state index >= 15 is 0 Å². The number of likely N-dealkylation sites (N-methyl/N-ethyl adjacent to an activating group) is 1. The molecule has 2 aromatic rings. The zero-order chi connectivity index (χ0) is 29.1. The number of benzene rings is 1. The zero-order valence-corrected chi connectivity index (χ0v) is 23.3. The number of hydrogen-bond acceptors (Lipinski definition) is 8. The summed E-state index contributed by atoms with van der Waals surface area (Å²) in [6.07, 6.45) is -0.816. The number of carbonyl (C=O) groups is 4. The molecule has 0 unspecified atom stereocenters. The number of anilines is 1. The van der Waals surface area contributed by atoms with Gasteiger partial charge >= 0.3 is 12.1 Å². The molecule has 3 rings (SSSR count). The third kappa shape index (κ3) is 8.94. The van der Waals surface area contributed by atoms with E-state index in [2.05, 4.69) is 15.6 Å². The number of aliphatic carboxylic acids is 1. The van der Waals surface area contributed by atoms with Gasteiger partial charge in [-0.05, 0) is 39.6 Å². The van der Waals surface area contributed by atoms with Gasteiger partial charge in [-0.25, -0.2) is 9.78 Å². The Balaban J connectivity index is 1.79. The lowest BCUT2D eigenvalue weighted by molar-refractivity contribution is -0.138. The van der Waals surface area contributed by atoms with Gasteiger partial charge in [-0.2, -0.15) is 0 Å². The Morgan fingerprint density at radius 2 is 1.73 bits per heavy atom. The minimum atomic E-state index is -1.07. The van der Waals surface area contributed by atoms with Crippen molar-refractivity contribution < 1.29 is 29.0 Å². The highest BCUT2D eigenvalue weighted by Crippen LogP contribution is 2.22.